The number of benzene rings is 1. The molecule has 1 saturated heterocycles. The minimum atomic E-state index is -0.506. The number of rotatable bonds is 5. The number of nitrogens with two attached hydrogens (primary N) is 1. The number of carbonyl (C=O) groups excluding carboxylic acids is 2. The highest BCUT2D eigenvalue weighted by atomic mass is 16.5. The van der Waals surface area contributed by atoms with Crippen LogP contribution in [0.4, 0.5) is 5.69 Å². The van der Waals surface area contributed by atoms with Crippen molar-refractivity contribution in [3.05, 3.63) is 23.8 Å². The van der Waals surface area contributed by atoms with E-state index in [0.29, 0.717) is 17.0 Å². The summed E-state index contributed by atoms with van der Waals surface area (Å²) in [6.07, 6.45) is 1.69. The Hall–Kier alpha value is -2.24. The largest absolute Gasteiger partial charge is 0.489 e. The Morgan fingerprint density at radius 3 is 2.82 bits per heavy atom. The normalized spacial score (nSPS) is 18.5. The molecule has 0 radical (unpaired) electrons. The van der Waals surface area contributed by atoms with Crippen molar-refractivity contribution in [3.8, 4) is 5.75 Å². The molecule has 0 aliphatic carbocycles. The number of amides is 2. The standard InChI is InChI=1S/C16H23N3O3/c1-10(2)22-14-9-11(15(17)20)6-7-12(14)18-13-5-4-8-19(3)16(13)21/h6-7,9-10,13,18H,4-5,8H2,1-3H3,(H2,17,20). The van der Waals surface area contributed by atoms with Crippen LogP contribution in [0.5, 0.6) is 5.75 Å². The van der Waals surface area contributed by atoms with Gasteiger partial charge in [-0.05, 0) is 44.9 Å². The van der Waals surface area contributed by atoms with Crippen LogP contribution in [0.25, 0.3) is 0 Å². The van der Waals surface area contributed by atoms with Crippen molar-refractivity contribution >= 4 is 17.5 Å². The van der Waals surface area contributed by atoms with Gasteiger partial charge in [-0.2, -0.15) is 0 Å². The number of primary amides is 1. The third kappa shape index (κ3) is 3.69. The van der Waals surface area contributed by atoms with Crippen LogP contribution in [0.3, 0.4) is 0 Å². The summed E-state index contributed by atoms with van der Waals surface area (Å²) in [5, 5.41) is 3.23. The van der Waals surface area contributed by atoms with Crippen molar-refractivity contribution in [2.75, 3.05) is 18.9 Å². The first kappa shape index (κ1) is 16.1. The minimum Gasteiger partial charge on any atom is -0.489 e. The second-order valence-electron chi connectivity index (χ2n) is 5.84. The van der Waals surface area contributed by atoms with Gasteiger partial charge in [-0.25, -0.2) is 0 Å². The fourth-order valence-corrected chi connectivity index (χ4v) is 2.50. The van der Waals surface area contributed by atoms with Gasteiger partial charge in [0.1, 0.15) is 11.8 Å². The molecule has 6 heteroatoms. The molecule has 6 nitrogen and oxygen atoms in total. The number of likely N-dealkylation sites (N-methyl/N-ethyl adjacent to an activating group) is 1. The average Bonchev–Trinajstić information content (AvgIpc) is 2.44. The maximum atomic E-state index is 12.2. The Kier molecular flexibility index (Phi) is 4.90. The average molecular weight is 305 g/mol. The topological polar surface area (TPSA) is 84.7 Å². The number of hydrogen-bond donors (Lipinski definition) is 2. The van der Waals surface area contributed by atoms with Gasteiger partial charge in [-0.3, -0.25) is 9.59 Å². The third-order valence-electron chi connectivity index (χ3n) is 3.62. The summed E-state index contributed by atoms with van der Waals surface area (Å²) in [6.45, 7) is 4.59. The SMILES string of the molecule is CC(C)Oc1cc(C(N)=O)ccc1NC1CCCN(C)C1=O. The second kappa shape index (κ2) is 6.68. The van der Waals surface area contributed by atoms with Crippen LogP contribution in [-0.4, -0.2) is 42.5 Å². The zero-order valence-corrected chi connectivity index (χ0v) is 13.3. The first-order valence-corrected chi connectivity index (χ1v) is 7.50. The van der Waals surface area contributed by atoms with Crippen LogP contribution in [0.1, 0.15) is 37.0 Å². The van der Waals surface area contributed by atoms with Gasteiger partial charge >= 0.3 is 0 Å². The van der Waals surface area contributed by atoms with E-state index in [4.69, 9.17) is 10.5 Å². The molecule has 1 unspecified atom stereocenters. The molecule has 1 aromatic rings. The predicted octanol–water partition coefficient (Wildman–Crippen LogP) is 1.61. The monoisotopic (exact) mass is 305 g/mol. The summed E-state index contributed by atoms with van der Waals surface area (Å²) in [7, 11) is 1.80. The summed E-state index contributed by atoms with van der Waals surface area (Å²) < 4.78 is 5.74. The molecule has 1 heterocycles. The van der Waals surface area contributed by atoms with E-state index in [1.165, 1.54) is 0 Å². The number of ether oxygens (including phenoxy) is 1. The summed E-state index contributed by atoms with van der Waals surface area (Å²) in [5.41, 5.74) is 6.40. The van der Waals surface area contributed by atoms with E-state index in [9.17, 15) is 9.59 Å². The lowest BCUT2D eigenvalue weighted by atomic mass is 10.0. The lowest BCUT2D eigenvalue weighted by Gasteiger charge is -2.31. The van der Waals surface area contributed by atoms with Crippen LogP contribution < -0.4 is 15.8 Å². The van der Waals surface area contributed by atoms with Gasteiger partial charge in [-0.15, -0.1) is 0 Å². The van der Waals surface area contributed by atoms with Crippen LogP contribution in [-0.2, 0) is 4.79 Å². The highest BCUT2D eigenvalue weighted by molar-refractivity contribution is 5.94. The summed E-state index contributed by atoms with van der Waals surface area (Å²) in [5.74, 6) is 0.0988. The van der Waals surface area contributed by atoms with Gasteiger partial charge in [0.05, 0.1) is 11.8 Å². The summed E-state index contributed by atoms with van der Waals surface area (Å²) in [4.78, 5) is 25.2. The number of nitrogens with zero attached hydrogens (tertiary/aromatic N) is 1. The van der Waals surface area contributed by atoms with Gasteiger partial charge < -0.3 is 20.7 Å². The van der Waals surface area contributed by atoms with Gasteiger partial charge in [0, 0.05) is 19.2 Å². The first-order valence-electron chi connectivity index (χ1n) is 7.50. The molecular formula is C16H23N3O3. The van der Waals surface area contributed by atoms with E-state index >= 15 is 0 Å². The van der Waals surface area contributed by atoms with Gasteiger partial charge in [0.2, 0.25) is 11.8 Å². The molecule has 1 fully saturated rings. The highest BCUT2D eigenvalue weighted by Gasteiger charge is 2.27. The number of piperidine rings is 1. The number of hydrogen-bond acceptors (Lipinski definition) is 4. The van der Waals surface area contributed by atoms with Gasteiger partial charge in [0.25, 0.3) is 0 Å². The fourth-order valence-electron chi connectivity index (χ4n) is 2.50. The third-order valence-corrected chi connectivity index (χ3v) is 3.62. The van der Waals surface area contributed by atoms with Crippen LogP contribution in [0.15, 0.2) is 18.2 Å². The lowest BCUT2D eigenvalue weighted by Crippen LogP contribution is -2.45. The second-order valence-corrected chi connectivity index (χ2v) is 5.84. The van der Waals surface area contributed by atoms with E-state index in [1.54, 1.807) is 30.1 Å². The predicted molar refractivity (Wildman–Crippen MR) is 85.0 cm³/mol. The molecule has 3 N–H and O–H groups in total. The van der Waals surface area contributed by atoms with Crippen molar-refractivity contribution in [3.63, 3.8) is 0 Å². The summed E-state index contributed by atoms with van der Waals surface area (Å²) in [6, 6.07) is 4.71. The number of likely N-dealkylation sites (tertiary alicyclic amines) is 1. The van der Waals surface area contributed by atoms with Crippen molar-refractivity contribution < 1.29 is 14.3 Å². The maximum Gasteiger partial charge on any atom is 0.248 e. The molecule has 0 aromatic heterocycles. The molecule has 0 spiro atoms. The van der Waals surface area contributed by atoms with Crippen molar-refractivity contribution in [1.82, 2.24) is 4.90 Å². The maximum absolute atomic E-state index is 12.2. The molecule has 1 aromatic carbocycles. The molecule has 2 rings (SSSR count). The van der Waals surface area contributed by atoms with Gasteiger partial charge in [-0.1, -0.05) is 0 Å². The summed E-state index contributed by atoms with van der Waals surface area (Å²) >= 11 is 0. The molecule has 0 bridgehead atoms. The molecular weight excluding hydrogens is 282 g/mol. The molecule has 1 aliphatic heterocycles. The van der Waals surface area contributed by atoms with Crippen LogP contribution in [0, 0.1) is 0 Å². The van der Waals surface area contributed by atoms with Crippen molar-refractivity contribution in [1.29, 1.82) is 0 Å². The minimum absolute atomic E-state index is 0.0478. The van der Waals surface area contributed by atoms with E-state index in [-0.39, 0.29) is 18.1 Å². The molecule has 0 saturated carbocycles. The van der Waals surface area contributed by atoms with Crippen LogP contribution >= 0.6 is 0 Å². The first-order chi connectivity index (χ1) is 10.4. The lowest BCUT2D eigenvalue weighted by molar-refractivity contribution is -0.132. The van der Waals surface area contributed by atoms with E-state index < -0.39 is 5.91 Å². The number of carbonyl (C=O) groups is 2. The van der Waals surface area contributed by atoms with Crippen molar-refractivity contribution in [2.24, 2.45) is 5.73 Å². The fraction of sp³-hybridized carbons (Fsp3) is 0.500. The Labute approximate surface area is 130 Å². The highest BCUT2D eigenvalue weighted by Crippen LogP contribution is 2.29. The molecule has 2 amide bonds. The molecule has 120 valence electrons. The van der Waals surface area contributed by atoms with E-state index in [0.717, 1.165) is 19.4 Å². The molecule has 1 atom stereocenters. The quantitative estimate of drug-likeness (QED) is 0.865. The van der Waals surface area contributed by atoms with Crippen molar-refractivity contribution in [2.45, 2.75) is 38.8 Å². The number of anilines is 1. The Morgan fingerprint density at radius 1 is 1.45 bits per heavy atom. The Balaban J connectivity index is 2.25. The Bertz CT molecular complexity index is 572. The van der Waals surface area contributed by atoms with E-state index in [1.807, 2.05) is 13.8 Å². The van der Waals surface area contributed by atoms with Gasteiger partial charge in [0.15, 0.2) is 0 Å². The Morgan fingerprint density at radius 2 is 2.18 bits per heavy atom. The van der Waals surface area contributed by atoms with E-state index in [2.05, 4.69) is 5.32 Å². The molecule has 22 heavy (non-hydrogen) atoms. The zero-order chi connectivity index (χ0) is 16.3. The number of nitrogens with one attached hydrogen (secondary N) is 1. The smallest absolute Gasteiger partial charge is 0.248 e. The molecule has 1 aliphatic rings. The zero-order valence-electron chi connectivity index (χ0n) is 13.3. The van der Waals surface area contributed by atoms with Crippen LogP contribution in [0.2, 0.25) is 0 Å².